The Morgan fingerprint density at radius 1 is 0.897 bits per heavy atom. The summed E-state index contributed by atoms with van der Waals surface area (Å²) in [5, 5.41) is 2.64. The molecule has 4 aromatic rings. The van der Waals surface area contributed by atoms with Crippen molar-refractivity contribution in [2.75, 3.05) is 11.1 Å². The van der Waals surface area contributed by atoms with Crippen LogP contribution in [0.3, 0.4) is 0 Å². The number of hydrogen-bond acceptors (Lipinski definition) is 4. The van der Waals surface area contributed by atoms with Gasteiger partial charge in [-0.3, -0.25) is 4.79 Å². The molecule has 4 rings (SSSR count). The number of nitrogens with one attached hydrogen (secondary N) is 2. The number of imidazole rings is 1. The van der Waals surface area contributed by atoms with E-state index in [9.17, 15) is 13.2 Å². The summed E-state index contributed by atoms with van der Waals surface area (Å²) in [6.07, 6.45) is 0. The first-order valence-corrected chi connectivity index (χ1v) is 10.9. The summed E-state index contributed by atoms with van der Waals surface area (Å²) in [5.41, 5.74) is 3.89. The smallest absolute Gasteiger partial charge is 0.239 e. The number of sulfone groups is 1. The van der Waals surface area contributed by atoms with Crippen molar-refractivity contribution in [1.29, 1.82) is 0 Å². The van der Waals surface area contributed by atoms with Crippen molar-refractivity contribution >= 4 is 32.5 Å². The predicted molar refractivity (Wildman–Crippen MR) is 114 cm³/mol. The van der Waals surface area contributed by atoms with Gasteiger partial charge in [0.1, 0.15) is 11.6 Å². The van der Waals surface area contributed by atoms with Crippen LogP contribution in [0, 0.1) is 0 Å². The Bertz CT molecular complexity index is 1210. The fourth-order valence-electron chi connectivity index (χ4n) is 3.08. The lowest BCUT2D eigenvalue weighted by Crippen LogP contribution is -2.23. The maximum Gasteiger partial charge on any atom is 0.239 e. The van der Waals surface area contributed by atoms with Gasteiger partial charge in [-0.15, -0.1) is 0 Å². The fraction of sp³-hybridized carbons (Fsp3) is 0.0909. The van der Waals surface area contributed by atoms with Gasteiger partial charge >= 0.3 is 0 Å². The summed E-state index contributed by atoms with van der Waals surface area (Å²) in [6.45, 7) is 0. The number of anilines is 1. The monoisotopic (exact) mass is 405 g/mol. The number of aromatic nitrogens is 2. The summed E-state index contributed by atoms with van der Waals surface area (Å²) in [7, 11) is -3.55. The summed E-state index contributed by atoms with van der Waals surface area (Å²) >= 11 is 0. The first-order valence-electron chi connectivity index (χ1n) is 9.08. The Morgan fingerprint density at radius 2 is 1.59 bits per heavy atom. The van der Waals surface area contributed by atoms with E-state index in [0.717, 1.165) is 22.4 Å². The Labute approximate surface area is 168 Å². The van der Waals surface area contributed by atoms with E-state index in [1.165, 1.54) is 0 Å². The number of aromatic amines is 1. The Hall–Kier alpha value is -3.45. The van der Waals surface area contributed by atoms with Gasteiger partial charge in [-0.1, -0.05) is 42.5 Å². The van der Waals surface area contributed by atoms with Crippen LogP contribution >= 0.6 is 0 Å². The maximum atomic E-state index is 12.3. The molecule has 0 radical (unpaired) electrons. The molecule has 0 aliphatic rings. The van der Waals surface area contributed by atoms with Crippen molar-refractivity contribution in [2.45, 2.75) is 5.75 Å². The summed E-state index contributed by atoms with van der Waals surface area (Å²) in [6, 6.07) is 23.7. The SMILES string of the molecule is O=C(CS(=O)(=O)Cc1ccccc1)Nc1ccc(-c2nc3ccccc3[nH]2)cc1. The molecule has 29 heavy (non-hydrogen) atoms. The van der Waals surface area contributed by atoms with Gasteiger partial charge < -0.3 is 10.3 Å². The molecule has 7 heteroatoms. The van der Waals surface area contributed by atoms with Gasteiger partial charge in [-0.05, 0) is 42.0 Å². The van der Waals surface area contributed by atoms with E-state index in [2.05, 4.69) is 15.3 Å². The van der Waals surface area contributed by atoms with Crippen LogP contribution in [0.2, 0.25) is 0 Å². The molecule has 0 unspecified atom stereocenters. The zero-order valence-corrected chi connectivity index (χ0v) is 16.3. The van der Waals surface area contributed by atoms with E-state index in [1.807, 2.05) is 42.5 Å². The molecule has 0 atom stereocenters. The van der Waals surface area contributed by atoms with Gasteiger partial charge in [0.15, 0.2) is 9.84 Å². The van der Waals surface area contributed by atoms with Gasteiger partial charge in [-0.25, -0.2) is 13.4 Å². The van der Waals surface area contributed by atoms with Crippen molar-refractivity contribution in [2.24, 2.45) is 0 Å². The third kappa shape index (κ3) is 4.70. The highest BCUT2D eigenvalue weighted by Gasteiger charge is 2.17. The van der Waals surface area contributed by atoms with Gasteiger partial charge in [0, 0.05) is 11.3 Å². The quantitative estimate of drug-likeness (QED) is 0.511. The van der Waals surface area contributed by atoms with E-state index < -0.39 is 21.5 Å². The topological polar surface area (TPSA) is 91.9 Å². The molecule has 0 bridgehead atoms. The summed E-state index contributed by atoms with van der Waals surface area (Å²) < 4.78 is 24.5. The lowest BCUT2D eigenvalue weighted by atomic mass is 10.2. The van der Waals surface area contributed by atoms with Crippen LogP contribution in [0.1, 0.15) is 5.56 Å². The zero-order chi connectivity index (χ0) is 20.3. The van der Waals surface area contributed by atoms with Gasteiger partial charge in [0.05, 0.1) is 16.8 Å². The van der Waals surface area contributed by atoms with Crippen molar-refractivity contribution in [3.8, 4) is 11.4 Å². The Morgan fingerprint density at radius 3 is 2.31 bits per heavy atom. The van der Waals surface area contributed by atoms with Crippen molar-refractivity contribution in [3.05, 3.63) is 84.4 Å². The number of rotatable bonds is 6. The van der Waals surface area contributed by atoms with E-state index in [4.69, 9.17) is 0 Å². The third-order valence-electron chi connectivity index (χ3n) is 4.41. The number of amides is 1. The van der Waals surface area contributed by atoms with Gasteiger partial charge in [0.25, 0.3) is 0 Å². The summed E-state index contributed by atoms with van der Waals surface area (Å²) in [5.74, 6) is -0.550. The second-order valence-electron chi connectivity index (χ2n) is 6.75. The normalized spacial score (nSPS) is 11.4. The highest BCUT2D eigenvalue weighted by atomic mass is 32.2. The molecule has 0 saturated carbocycles. The molecule has 1 aromatic heterocycles. The number of hydrogen-bond donors (Lipinski definition) is 2. The molecule has 3 aromatic carbocycles. The van der Waals surface area contributed by atoms with Crippen LogP contribution < -0.4 is 5.32 Å². The van der Waals surface area contributed by atoms with E-state index >= 15 is 0 Å². The molecule has 0 aliphatic carbocycles. The first kappa shape index (κ1) is 18.9. The average Bonchev–Trinajstić information content (AvgIpc) is 3.12. The van der Waals surface area contributed by atoms with Crippen molar-refractivity contribution in [1.82, 2.24) is 9.97 Å². The second kappa shape index (κ2) is 7.89. The molecule has 1 heterocycles. The number of benzene rings is 3. The van der Waals surface area contributed by atoms with E-state index in [0.29, 0.717) is 11.3 Å². The third-order valence-corrected chi connectivity index (χ3v) is 5.89. The fourth-order valence-corrected chi connectivity index (χ4v) is 4.35. The highest BCUT2D eigenvalue weighted by Crippen LogP contribution is 2.22. The zero-order valence-electron chi connectivity index (χ0n) is 15.5. The minimum atomic E-state index is -3.55. The van der Waals surface area contributed by atoms with Crippen molar-refractivity contribution in [3.63, 3.8) is 0 Å². The van der Waals surface area contributed by atoms with Gasteiger partial charge in [0.2, 0.25) is 5.91 Å². The molecular weight excluding hydrogens is 386 g/mol. The molecule has 0 spiro atoms. The lowest BCUT2D eigenvalue weighted by molar-refractivity contribution is -0.113. The van der Waals surface area contributed by atoms with Crippen LogP contribution in [0.5, 0.6) is 0 Å². The first-order chi connectivity index (χ1) is 14.0. The number of nitrogens with zero attached hydrogens (tertiary/aromatic N) is 1. The number of H-pyrrole nitrogens is 1. The number of para-hydroxylation sites is 2. The summed E-state index contributed by atoms with van der Waals surface area (Å²) in [4.78, 5) is 20.0. The lowest BCUT2D eigenvalue weighted by Gasteiger charge is -2.07. The molecular formula is C22H19N3O3S. The van der Waals surface area contributed by atoms with E-state index in [-0.39, 0.29) is 5.75 Å². The molecule has 1 amide bonds. The second-order valence-corrected chi connectivity index (χ2v) is 8.81. The minimum Gasteiger partial charge on any atom is -0.338 e. The van der Waals surface area contributed by atoms with Crippen LogP contribution in [0.25, 0.3) is 22.4 Å². The Kier molecular flexibility index (Phi) is 5.14. The van der Waals surface area contributed by atoms with Gasteiger partial charge in [-0.2, -0.15) is 0 Å². The number of carbonyl (C=O) groups is 1. The van der Waals surface area contributed by atoms with E-state index in [1.54, 1.807) is 36.4 Å². The molecule has 2 N–H and O–H groups in total. The molecule has 0 fully saturated rings. The van der Waals surface area contributed by atoms with Crippen LogP contribution in [0.15, 0.2) is 78.9 Å². The standard InChI is InChI=1S/C22H19N3O3S/c26-21(15-29(27,28)14-16-6-2-1-3-7-16)23-18-12-10-17(11-13-18)22-24-19-8-4-5-9-20(19)25-22/h1-13H,14-15H2,(H,23,26)(H,24,25). The largest absolute Gasteiger partial charge is 0.338 e. The van der Waals surface area contributed by atoms with Crippen molar-refractivity contribution < 1.29 is 13.2 Å². The predicted octanol–water partition coefficient (Wildman–Crippen LogP) is 3.78. The minimum absolute atomic E-state index is 0.160. The Balaban J connectivity index is 1.41. The molecule has 146 valence electrons. The average molecular weight is 405 g/mol. The van der Waals surface area contributed by atoms with Crippen LogP contribution in [0.4, 0.5) is 5.69 Å². The molecule has 0 saturated heterocycles. The number of carbonyl (C=O) groups excluding carboxylic acids is 1. The van der Waals surface area contributed by atoms with Crippen LogP contribution in [-0.4, -0.2) is 30.0 Å². The number of fused-ring (bicyclic) bond motifs is 1. The molecule has 6 nitrogen and oxygen atoms in total. The molecule has 0 aliphatic heterocycles. The highest BCUT2D eigenvalue weighted by molar-refractivity contribution is 7.91. The van der Waals surface area contributed by atoms with Crippen LogP contribution in [-0.2, 0) is 20.4 Å². The maximum absolute atomic E-state index is 12.3.